The number of halogens is 2. The highest BCUT2D eigenvalue weighted by Crippen LogP contribution is 2.23. The number of benzene rings is 2. The van der Waals surface area contributed by atoms with Crippen molar-refractivity contribution in [2.45, 2.75) is 19.5 Å². The summed E-state index contributed by atoms with van der Waals surface area (Å²) in [6, 6.07) is 13.4. The second-order valence-corrected chi connectivity index (χ2v) is 5.78. The quantitative estimate of drug-likeness (QED) is 0.848. The fourth-order valence-electron chi connectivity index (χ4n) is 1.83. The van der Waals surface area contributed by atoms with E-state index in [9.17, 15) is 5.11 Å². The first-order chi connectivity index (χ1) is 9.06. The van der Waals surface area contributed by atoms with E-state index in [2.05, 4.69) is 28.2 Å². The minimum Gasteiger partial charge on any atom is -0.508 e. The molecule has 2 rings (SSSR count). The molecule has 100 valence electrons. The first-order valence-electron chi connectivity index (χ1n) is 6.02. The molecule has 0 bridgehead atoms. The van der Waals surface area contributed by atoms with Gasteiger partial charge in [0.1, 0.15) is 5.75 Å². The molecule has 2 nitrogen and oxygen atoms in total. The molecule has 0 fully saturated rings. The van der Waals surface area contributed by atoms with Crippen LogP contribution in [0.25, 0.3) is 0 Å². The van der Waals surface area contributed by atoms with Gasteiger partial charge < -0.3 is 10.4 Å². The smallest absolute Gasteiger partial charge is 0.120 e. The van der Waals surface area contributed by atoms with E-state index in [4.69, 9.17) is 11.6 Å². The lowest BCUT2D eigenvalue weighted by Crippen LogP contribution is -2.18. The summed E-state index contributed by atoms with van der Waals surface area (Å²) in [5.41, 5.74) is 2.04. The van der Waals surface area contributed by atoms with Gasteiger partial charge in [0.15, 0.2) is 0 Å². The van der Waals surface area contributed by atoms with Crippen molar-refractivity contribution in [3.05, 3.63) is 63.1 Å². The van der Waals surface area contributed by atoms with Gasteiger partial charge in [-0.3, -0.25) is 0 Å². The first kappa shape index (κ1) is 14.4. The molecular formula is C15H15BrClNO. The molecule has 0 spiro atoms. The van der Waals surface area contributed by atoms with Crippen molar-refractivity contribution in [2.24, 2.45) is 0 Å². The summed E-state index contributed by atoms with van der Waals surface area (Å²) >= 11 is 9.27. The zero-order valence-electron chi connectivity index (χ0n) is 10.5. The van der Waals surface area contributed by atoms with E-state index in [1.54, 1.807) is 6.07 Å². The highest BCUT2D eigenvalue weighted by molar-refractivity contribution is 9.10. The van der Waals surface area contributed by atoms with Crippen molar-refractivity contribution >= 4 is 27.5 Å². The van der Waals surface area contributed by atoms with Gasteiger partial charge in [-0.1, -0.05) is 39.7 Å². The van der Waals surface area contributed by atoms with Gasteiger partial charge in [0, 0.05) is 27.6 Å². The highest BCUT2D eigenvalue weighted by Gasteiger charge is 2.07. The Bertz CT molecular complexity index is 557. The molecule has 0 aromatic heterocycles. The molecule has 4 heteroatoms. The van der Waals surface area contributed by atoms with Crippen LogP contribution in [-0.2, 0) is 6.54 Å². The Morgan fingerprint density at radius 2 is 1.89 bits per heavy atom. The van der Waals surface area contributed by atoms with Crippen LogP contribution in [0.3, 0.4) is 0 Å². The Hall–Kier alpha value is -1.03. The van der Waals surface area contributed by atoms with E-state index < -0.39 is 0 Å². The zero-order chi connectivity index (χ0) is 13.8. The van der Waals surface area contributed by atoms with Gasteiger partial charge in [-0.15, -0.1) is 0 Å². The summed E-state index contributed by atoms with van der Waals surface area (Å²) in [5, 5.41) is 13.9. The molecule has 0 radical (unpaired) electrons. The third-order valence-corrected chi connectivity index (χ3v) is 3.76. The first-order valence-corrected chi connectivity index (χ1v) is 7.19. The lowest BCUT2D eigenvalue weighted by atomic mass is 10.1. The average Bonchev–Trinajstić information content (AvgIpc) is 2.40. The highest BCUT2D eigenvalue weighted by atomic mass is 79.9. The number of hydrogen-bond donors (Lipinski definition) is 2. The van der Waals surface area contributed by atoms with Crippen LogP contribution in [-0.4, -0.2) is 5.11 Å². The fourth-order valence-corrected chi connectivity index (χ4v) is 2.36. The molecule has 0 saturated heterocycles. The van der Waals surface area contributed by atoms with Crippen LogP contribution >= 0.6 is 27.5 Å². The second-order valence-electron chi connectivity index (χ2n) is 4.43. The third kappa shape index (κ3) is 3.96. The summed E-state index contributed by atoms with van der Waals surface area (Å²) in [6.45, 7) is 2.69. The van der Waals surface area contributed by atoms with Crippen molar-refractivity contribution in [1.82, 2.24) is 5.32 Å². The predicted octanol–water partition coefficient (Wildman–Crippen LogP) is 4.66. The van der Waals surface area contributed by atoms with Crippen molar-refractivity contribution in [3.8, 4) is 5.75 Å². The van der Waals surface area contributed by atoms with Gasteiger partial charge in [-0.05, 0) is 42.8 Å². The van der Waals surface area contributed by atoms with Gasteiger partial charge in [-0.2, -0.15) is 0 Å². The van der Waals surface area contributed by atoms with Crippen LogP contribution in [0.2, 0.25) is 5.02 Å². The molecule has 2 N–H and O–H groups in total. The van der Waals surface area contributed by atoms with E-state index in [1.807, 2.05) is 36.4 Å². The topological polar surface area (TPSA) is 32.3 Å². The van der Waals surface area contributed by atoms with Crippen LogP contribution < -0.4 is 5.32 Å². The van der Waals surface area contributed by atoms with E-state index in [0.717, 1.165) is 15.1 Å². The molecule has 19 heavy (non-hydrogen) atoms. The number of nitrogens with one attached hydrogen (secondary N) is 1. The van der Waals surface area contributed by atoms with Crippen LogP contribution in [0.4, 0.5) is 0 Å². The van der Waals surface area contributed by atoms with Gasteiger partial charge in [0.2, 0.25) is 0 Å². The summed E-state index contributed by atoms with van der Waals surface area (Å²) < 4.78 is 0.959. The Balaban J connectivity index is 2.02. The van der Waals surface area contributed by atoms with Crippen LogP contribution in [0.5, 0.6) is 5.75 Å². The number of hydrogen-bond acceptors (Lipinski definition) is 2. The number of aromatic hydroxyl groups is 1. The van der Waals surface area contributed by atoms with Crippen LogP contribution in [0, 0.1) is 0 Å². The third-order valence-electron chi connectivity index (χ3n) is 3.01. The molecule has 0 aliphatic rings. The molecular weight excluding hydrogens is 326 g/mol. The molecule has 0 aliphatic carbocycles. The van der Waals surface area contributed by atoms with Gasteiger partial charge in [0.25, 0.3) is 0 Å². The second kappa shape index (κ2) is 6.42. The lowest BCUT2D eigenvalue weighted by Gasteiger charge is -2.15. The Labute approximate surface area is 126 Å². The maximum atomic E-state index is 9.78. The standard InChI is InChI=1S/C15H15BrClNO/c1-10(11-2-5-14(17)6-3-11)18-9-12-8-13(16)4-7-15(12)19/h2-8,10,18-19H,9H2,1H3/t10-/m0/s1. The molecule has 0 saturated carbocycles. The van der Waals surface area contributed by atoms with E-state index in [-0.39, 0.29) is 6.04 Å². The summed E-state index contributed by atoms with van der Waals surface area (Å²) in [6.07, 6.45) is 0. The number of phenols is 1. The Kier molecular flexibility index (Phi) is 4.86. The molecule has 2 aromatic carbocycles. The van der Waals surface area contributed by atoms with Crippen molar-refractivity contribution in [2.75, 3.05) is 0 Å². The Morgan fingerprint density at radius 1 is 1.21 bits per heavy atom. The van der Waals surface area contributed by atoms with E-state index in [0.29, 0.717) is 12.3 Å². The average molecular weight is 341 g/mol. The molecule has 0 amide bonds. The van der Waals surface area contributed by atoms with Crippen molar-refractivity contribution < 1.29 is 5.11 Å². The van der Waals surface area contributed by atoms with Crippen molar-refractivity contribution in [3.63, 3.8) is 0 Å². The number of phenolic OH excluding ortho intramolecular Hbond substituents is 1. The number of rotatable bonds is 4. The summed E-state index contributed by atoms with van der Waals surface area (Å²) in [4.78, 5) is 0. The van der Waals surface area contributed by atoms with Crippen LogP contribution in [0.1, 0.15) is 24.1 Å². The van der Waals surface area contributed by atoms with E-state index >= 15 is 0 Å². The maximum absolute atomic E-state index is 9.78. The summed E-state index contributed by atoms with van der Waals surface area (Å²) in [5.74, 6) is 0.305. The van der Waals surface area contributed by atoms with Gasteiger partial charge >= 0.3 is 0 Å². The SMILES string of the molecule is C[C@H](NCc1cc(Br)ccc1O)c1ccc(Cl)cc1. The van der Waals surface area contributed by atoms with E-state index in [1.165, 1.54) is 5.56 Å². The normalized spacial score (nSPS) is 12.4. The molecule has 0 aliphatic heterocycles. The van der Waals surface area contributed by atoms with Crippen molar-refractivity contribution in [1.29, 1.82) is 0 Å². The van der Waals surface area contributed by atoms with Gasteiger partial charge in [0.05, 0.1) is 0 Å². The van der Waals surface area contributed by atoms with Crippen LogP contribution in [0.15, 0.2) is 46.9 Å². The zero-order valence-corrected chi connectivity index (χ0v) is 12.9. The lowest BCUT2D eigenvalue weighted by molar-refractivity contribution is 0.460. The molecule has 0 heterocycles. The maximum Gasteiger partial charge on any atom is 0.120 e. The predicted molar refractivity (Wildman–Crippen MR) is 82.5 cm³/mol. The Morgan fingerprint density at radius 3 is 2.58 bits per heavy atom. The van der Waals surface area contributed by atoms with Gasteiger partial charge in [-0.25, -0.2) is 0 Å². The summed E-state index contributed by atoms with van der Waals surface area (Å²) in [7, 11) is 0. The monoisotopic (exact) mass is 339 g/mol. The molecule has 0 unspecified atom stereocenters. The largest absolute Gasteiger partial charge is 0.508 e. The fraction of sp³-hybridized carbons (Fsp3) is 0.200. The minimum atomic E-state index is 0.190. The minimum absolute atomic E-state index is 0.190. The molecule has 2 aromatic rings. The molecule has 1 atom stereocenters.